The highest BCUT2D eigenvalue weighted by molar-refractivity contribution is 4.83. The Morgan fingerprint density at radius 1 is 0.708 bits per heavy atom. The zero-order chi connectivity index (χ0) is 17.0. The van der Waals surface area contributed by atoms with E-state index in [1.165, 1.54) is 0 Å². The predicted molar refractivity (Wildman–Crippen MR) is 94.0 cm³/mol. The highest BCUT2D eigenvalue weighted by Gasteiger charge is 2.15. The van der Waals surface area contributed by atoms with Crippen molar-refractivity contribution >= 4 is 0 Å². The Balaban J connectivity index is 0.000000158. The Bertz CT molecular complexity index is 453. The van der Waals surface area contributed by atoms with Crippen molar-refractivity contribution in [3.8, 4) is 0 Å². The van der Waals surface area contributed by atoms with E-state index in [2.05, 4.69) is 10.2 Å². The second-order valence-electron chi connectivity index (χ2n) is 5.66. The van der Waals surface area contributed by atoms with Crippen molar-refractivity contribution in [2.45, 2.75) is 51.6 Å². The number of ether oxygens (including phenoxy) is 2. The van der Waals surface area contributed by atoms with E-state index in [0.717, 1.165) is 52.1 Å². The van der Waals surface area contributed by atoms with Crippen LogP contribution in [0.3, 0.4) is 0 Å². The summed E-state index contributed by atoms with van der Waals surface area (Å²) in [6.45, 7) is 7.52. The normalized spacial score (nSPS) is 18.9. The molecule has 2 saturated heterocycles. The Labute approximate surface area is 144 Å². The molecule has 4 rings (SSSR count). The van der Waals surface area contributed by atoms with Gasteiger partial charge >= 0.3 is 0 Å². The van der Waals surface area contributed by atoms with Crippen LogP contribution in [0.15, 0.2) is 36.9 Å². The molecular weight excluding hydrogens is 304 g/mol. The molecule has 0 unspecified atom stereocenters. The van der Waals surface area contributed by atoms with Gasteiger partial charge in [-0.25, -0.2) is 0 Å². The number of rotatable bonds is 2. The van der Waals surface area contributed by atoms with Crippen LogP contribution in [0.4, 0.5) is 0 Å². The van der Waals surface area contributed by atoms with Crippen molar-refractivity contribution in [2.24, 2.45) is 0 Å². The molecule has 0 N–H and O–H groups in total. The first-order chi connectivity index (χ1) is 11.9. The average Bonchev–Trinajstić information content (AvgIpc) is 3.39. The molecule has 2 aliphatic rings. The third kappa shape index (κ3) is 5.76. The van der Waals surface area contributed by atoms with E-state index in [1.807, 2.05) is 60.1 Å². The highest BCUT2D eigenvalue weighted by Crippen LogP contribution is 2.19. The molecule has 6 nitrogen and oxygen atoms in total. The lowest BCUT2D eigenvalue weighted by Crippen LogP contribution is -2.19. The lowest BCUT2D eigenvalue weighted by atomic mass is 10.1. The van der Waals surface area contributed by atoms with E-state index in [9.17, 15) is 0 Å². The second-order valence-corrected chi connectivity index (χ2v) is 5.66. The van der Waals surface area contributed by atoms with Crippen molar-refractivity contribution in [2.75, 3.05) is 26.4 Å². The van der Waals surface area contributed by atoms with Crippen LogP contribution in [0.2, 0.25) is 0 Å². The Morgan fingerprint density at radius 3 is 1.38 bits per heavy atom. The molecule has 2 fully saturated rings. The van der Waals surface area contributed by atoms with Crippen LogP contribution in [0.5, 0.6) is 0 Å². The van der Waals surface area contributed by atoms with Crippen LogP contribution < -0.4 is 0 Å². The molecule has 2 aliphatic heterocycles. The second kappa shape index (κ2) is 11.0. The lowest BCUT2D eigenvalue weighted by Gasteiger charge is -2.22. The molecule has 4 heterocycles. The molecule has 0 atom stereocenters. The van der Waals surface area contributed by atoms with E-state index in [0.29, 0.717) is 12.1 Å². The van der Waals surface area contributed by atoms with Crippen molar-refractivity contribution in [3.63, 3.8) is 0 Å². The maximum Gasteiger partial charge on any atom is 0.0563 e. The highest BCUT2D eigenvalue weighted by atomic mass is 16.5. The summed E-state index contributed by atoms with van der Waals surface area (Å²) in [6, 6.07) is 5.07. The molecule has 0 bridgehead atoms. The summed E-state index contributed by atoms with van der Waals surface area (Å²) in [6.07, 6.45) is 12.1. The minimum Gasteiger partial charge on any atom is -0.381 e. The SMILES string of the molecule is CC.c1cnn(C2CCOCC2)c1.c1cnn(C2CCOCC2)c1. The van der Waals surface area contributed by atoms with Gasteiger partial charge in [-0.05, 0) is 37.8 Å². The minimum absolute atomic E-state index is 0.568. The average molecular weight is 334 g/mol. The molecule has 0 amide bonds. The zero-order valence-electron chi connectivity index (χ0n) is 14.9. The molecule has 0 spiro atoms. The van der Waals surface area contributed by atoms with Gasteiger partial charge in [-0.2, -0.15) is 10.2 Å². The van der Waals surface area contributed by atoms with E-state index < -0.39 is 0 Å². The fourth-order valence-corrected chi connectivity index (χ4v) is 2.89. The Kier molecular flexibility index (Phi) is 8.55. The van der Waals surface area contributed by atoms with Gasteiger partial charge in [0.25, 0.3) is 0 Å². The molecule has 2 aromatic rings. The van der Waals surface area contributed by atoms with Crippen molar-refractivity contribution in [3.05, 3.63) is 36.9 Å². The van der Waals surface area contributed by atoms with Gasteiger partial charge < -0.3 is 9.47 Å². The van der Waals surface area contributed by atoms with Crippen LogP contribution in [-0.4, -0.2) is 46.0 Å². The van der Waals surface area contributed by atoms with E-state index >= 15 is 0 Å². The maximum absolute atomic E-state index is 5.26. The van der Waals surface area contributed by atoms with Crippen LogP contribution >= 0.6 is 0 Å². The molecule has 24 heavy (non-hydrogen) atoms. The van der Waals surface area contributed by atoms with Crippen molar-refractivity contribution < 1.29 is 9.47 Å². The maximum atomic E-state index is 5.26. The number of hydrogen-bond donors (Lipinski definition) is 0. The van der Waals surface area contributed by atoms with Gasteiger partial charge in [0.1, 0.15) is 0 Å². The summed E-state index contributed by atoms with van der Waals surface area (Å²) in [5.41, 5.74) is 0. The Hall–Kier alpha value is -1.66. The van der Waals surface area contributed by atoms with E-state index in [1.54, 1.807) is 0 Å². The monoisotopic (exact) mass is 334 g/mol. The lowest BCUT2D eigenvalue weighted by molar-refractivity contribution is 0.0661. The summed E-state index contributed by atoms with van der Waals surface area (Å²) in [5, 5.41) is 8.40. The first-order valence-electron chi connectivity index (χ1n) is 9.07. The van der Waals surface area contributed by atoms with Crippen LogP contribution in [0.25, 0.3) is 0 Å². The topological polar surface area (TPSA) is 54.1 Å². The van der Waals surface area contributed by atoms with Crippen LogP contribution in [-0.2, 0) is 9.47 Å². The first kappa shape index (κ1) is 18.7. The number of nitrogens with zero attached hydrogens (tertiary/aromatic N) is 4. The quantitative estimate of drug-likeness (QED) is 0.843. The summed E-state index contributed by atoms with van der Waals surface area (Å²) in [7, 11) is 0. The van der Waals surface area contributed by atoms with Gasteiger partial charge in [0, 0.05) is 51.2 Å². The molecule has 0 aliphatic carbocycles. The minimum atomic E-state index is 0.568. The molecule has 0 saturated carbocycles. The van der Waals surface area contributed by atoms with E-state index in [4.69, 9.17) is 9.47 Å². The molecule has 2 aromatic heterocycles. The van der Waals surface area contributed by atoms with Gasteiger partial charge in [-0.3, -0.25) is 9.36 Å². The third-order valence-corrected chi connectivity index (χ3v) is 4.18. The van der Waals surface area contributed by atoms with E-state index in [-0.39, 0.29) is 0 Å². The van der Waals surface area contributed by atoms with Crippen LogP contribution in [0.1, 0.15) is 51.6 Å². The smallest absolute Gasteiger partial charge is 0.0563 e. The molecule has 0 radical (unpaired) electrons. The van der Waals surface area contributed by atoms with Gasteiger partial charge in [0.15, 0.2) is 0 Å². The summed E-state index contributed by atoms with van der Waals surface area (Å²) < 4.78 is 14.6. The third-order valence-electron chi connectivity index (χ3n) is 4.18. The fraction of sp³-hybridized carbons (Fsp3) is 0.667. The molecule has 6 heteroatoms. The van der Waals surface area contributed by atoms with Gasteiger partial charge in [0.2, 0.25) is 0 Å². The van der Waals surface area contributed by atoms with Crippen LogP contribution in [0, 0.1) is 0 Å². The fourth-order valence-electron chi connectivity index (χ4n) is 2.89. The predicted octanol–water partition coefficient (Wildman–Crippen LogP) is 3.50. The molecular formula is C18H30N4O2. The van der Waals surface area contributed by atoms with Crippen molar-refractivity contribution in [1.82, 2.24) is 19.6 Å². The van der Waals surface area contributed by atoms with Gasteiger partial charge in [-0.15, -0.1) is 0 Å². The summed E-state index contributed by atoms with van der Waals surface area (Å²) in [4.78, 5) is 0. The molecule has 134 valence electrons. The standard InChI is InChI=1S/2C8H12N2O.C2H6/c2*1-4-9-10(5-1)8-2-6-11-7-3-8;1-2/h2*1,4-5,8H,2-3,6-7H2;1-2H3. The first-order valence-corrected chi connectivity index (χ1v) is 9.07. The largest absolute Gasteiger partial charge is 0.381 e. The van der Waals surface area contributed by atoms with Crippen molar-refractivity contribution in [1.29, 1.82) is 0 Å². The number of hydrogen-bond acceptors (Lipinski definition) is 4. The number of aromatic nitrogens is 4. The summed E-state index contributed by atoms with van der Waals surface area (Å²) in [5.74, 6) is 0. The van der Waals surface area contributed by atoms with Gasteiger partial charge in [0.05, 0.1) is 12.1 Å². The van der Waals surface area contributed by atoms with Gasteiger partial charge in [-0.1, -0.05) is 13.8 Å². The molecule has 0 aromatic carbocycles. The zero-order valence-corrected chi connectivity index (χ0v) is 14.9. The Morgan fingerprint density at radius 2 is 1.08 bits per heavy atom. The summed E-state index contributed by atoms with van der Waals surface area (Å²) >= 11 is 0.